The summed E-state index contributed by atoms with van der Waals surface area (Å²) in [5, 5.41) is 31.0. The molecule has 0 saturated carbocycles. The Kier molecular flexibility index (Phi) is 3.89. The summed E-state index contributed by atoms with van der Waals surface area (Å²) in [7, 11) is 0. The first-order chi connectivity index (χ1) is 10.3. The Bertz CT molecular complexity index is 744. The van der Waals surface area contributed by atoms with Crippen molar-refractivity contribution < 1.29 is 24.7 Å². The highest BCUT2D eigenvalue weighted by atomic mass is 16.6. The van der Waals surface area contributed by atoms with Gasteiger partial charge in [0.15, 0.2) is 5.78 Å². The average Bonchev–Trinajstić information content (AvgIpc) is 2.47. The number of nitrogens with zero attached hydrogens (tertiary/aromatic N) is 1. The number of phenolic OH excluding ortho intramolecular Hbond substituents is 2. The maximum Gasteiger partial charge on any atom is 0.312 e. The smallest absolute Gasteiger partial charge is 0.312 e. The number of rotatable bonds is 4. The number of benzene rings is 2. The Balaban J connectivity index is 2.77. The normalized spacial score (nSPS) is 10.2. The Morgan fingerprint density at radius 1 is 1.09 bits per heavy atom. The summed E-state index contributed by atoms with van der Waals surface area (Å²) in [6, 6.07) is 8.37. The number of carbonyl (C=O) groups excluding carboxylic acids is 2. The summed E-state index contributed by atoms with van der Waals surface area (Å²) >= 11 is 0. The first-order valence-electron chi connectivity index (χ1n) is 6.18. The molecular weight excluding hydrogens is 290 g/mol. The van der Waals surface area contributed by atoms with E-state index in [9.17, 15) is 29.9 Å². The van der Waals surface area contributed by atoms with E-state index in [1.54, 1.807) is 18.2 Å². The van der Waals surface area contributed by atoms with Gasteiger partial charge in [-0.1, -0.05) is 30.3 Å². The molecule has 0 aliphatic heterocycles. The molecule has 0 fully saturated rings. The Morgan fingerprint density at radius 2 is 1.68 bits per heavy atom. The summed E-state index contributed by atoms with van der Waals surface area (Å²) < 4.78 is 0. The van der Waals surface area contributed by atoms with Gasteiger partial charge in [0.05, 0.1) is 10.5 Å². The Labute approximate surface area is 124 Å². The van der Waals surface area contributed by atoms with Crippen LogP contribution < -0.4 is 0 Å². The van der Waals surface area contributed by atoms with Crippen LogP contribution >= 0.6 is 0 Å². The van der Waals surface area contributed by atoms with Crippen LogP contribution in [0.1, 0.15) is 33.2 Å². The number of nitro groups is 1. The third-order valence-electron chi connectivity index (χ3n) is 3.09. The van der Waals surface area contributed by atoms with E-state index in [2.05, 4.69) is 0 Å². The number of nitro benzene ring substituents is 1. The molecule has 0 unspecified atom stereocenters. The molecule has 0 spiro atoms. The predicted molar refractivity (Wildman–Crippen MR) is 76.3 cm³/mol. The highest BCUT2D eigenvalue weighted by Crippen LogP contribution is 2.40. The van der Waals surface area contributed by atoms with Crippen molar-refractivity contribution in [2.45, 2.75) is 6.92 Å². The van der Waals surface area contributed by atoms with Crippen LogP contribution in [-0.2, 0) is 0 Å². The van der Waals surface area contributed by atoms with Gasteiger partial charge in [0.25, 0.3) is 0 Å². The van der Waals surface area contributed by atoms with Crippen molar-refractivity contribution in [2.24, 2.45) is 0 Å². The predicted octanol–water partition coefficient (Wildman–Crippen LogP) is 2.44. The van der Waals surface area contributed by atoms with Crippen LogP contribution in [0, 0.1) is 10.1 Å². The molecule has 2 N–H and O–H groups in total. The minimum absolute atomic E-state index is 0.114. The molecule has 0 aliphatic rings. The lowest BCUT2D eigenvalue weighted by molar-refractivity contribution is -0.385. The minimum atomic E-state index is -0.971. The third-order valence-corrected chi connectivity index (χ3v) is 3.09. The summed E-state index contributed by atoms with van der Waals surface area (Å²) in [5.41, 5.74) is -1.76. The van der Waals surface area contributed by atoms with E-state index in [0.29, 0.717) is 0 Å². The molecule has 0 aliphatic carbocycles. The van der Waals surface area contributed by atoms with Crippen molar-refractivity contribution in [1.82, 2.24) is 0 Å². The highest BCUT2D eigenvalue weighted by molar-refractivity contribution is 6.15. The summed E-state index contributed by atoms with van der Waals surface area (Å²) in [4.78, 5) is 33.9. The molecule has 2 aromatic carbocycles. The molecule has 0 bridgehead atoms. The molecule has 2 aromatic rings. The molecular formula is C15H11NO6. The van der Waals surface area contributed by atoms with Crippen LogP contribution in [0.5, 0.6) is 11.5 Å². The summed E-state index contributed by atoms with van der Waals surface area (Å²) in [5.74, 6) is -3.23. The monoisotopic (exact) mass is 301 g/mol. The lowest BCUT2D eigenvalue weighted by Crippen LogP contribution is -2.07. The SMILES string of the molecule is CC(=O)c1cc([N+](=O)[O-])c(O)c(C(=O)c2ccccc2)c1O. The third kappa shape index (κ3) is 2.51. The largest absolute Gasteiger partial charge is 0.506 e. The number of ketones is 2. The van der Waals surface area contributed by atoms with Gasteiger partial charge in [0.2, 0.25) is 11.5 Å². The van der Waals surface area contributed by atoms with Gasteiger partial charge in [-0.2, -0.15) is 0 Å². The van der Waals surface area contributed by atoms with E-state index in [0.717, 1.165) is 13.0 Å². The van der Waals surface area contributed by atoms with E-state index in [1.165, 1.54) is 12.1 Å². The first-order valence-corrected chi connectivity index (χ1v) is 6.18. The number of hydrogen-bond donors (Lipinski definition) is 2. The van der Waals surface area contributed by atoms with E-state index in [-0.39, 0.29) is 5.56 Å². The van der Waals surface area contributed by atoms with Gasteiger partial charge in [-0.3, -0.25) is 19.7 Å². The molecule has 0 aromatic heterocycles. The van der Waals surface area contributed by atoms with E-state index in [1.807, 2.05) is 0 Å². The van der Waals surface area contributed by atoms with E-state index < -0.39 is 44.8 Å². The highest BCUT2D eigenvalue weighted by Gasteiger charge is 2.30. The van der Waals surface area contributed by atoms with E-state index >= 15 is 0 Å². The zero-order valence-electron chi connectivity index (χ0n) is 11.4. The molecule has 112 valence electrons. The molecule has 0 atom stereocenters. The summed E-state index contributed by atoms with van der Waals surface area (Å²) in [6.07, 6.45) is 0. The van der Waals surface area contributed by atoms with Gasteiger partial charge in [-0.15, -0.1) is 0 Å². The van der Waals surface area contributed by atoms with Crippen LogP contribution in [0.2, 0.25) is 0 Å². The van der Waals surface area contributed by atoms with Crippen LogP contribution in [-0.4, -0.2) is 26.7 Å². The zero-order chi connectivity index (χ0) is 16.4. The lowest BCUT2D eigenvalue weighted by atomic mass is 9.96. The van der Waals surface area contributed by atoms with Gasteiger partial charge < -0.3 is 10.2 Å². The first kappa shape index (κ1) is 15.2. The number of hydrogen-bond acceptors (Lipinski definition) is 6. The van der Waals surface area contributed by atoms with Crippen molar-refractivity contribution in [2.75, 3.05) is 0 Å². The van der Waals surface area contributed by atoms with Crippen LogP contribution in [0.25, 0.3) is 0 Å². The minimum Gasteiger partial charge on any atom is -0.506 e. The molecule has 7 heteroatoms. The summed E-state index contributed by atoms with van der Waals surface area (Å²) in [6.45, 7) is 1.09. The fourth-order valence-electron chi connectivity index (χ4n) is 2.00. The van der Waals surface area contributed by atoms with Crippen LogP contribution in [0.4, 0.5) is 5.69 Å². The molecule has 0 amide bonds. The standard InChI is InChI=1S/C15H11NO6/c1-8(17)10-7-11(16(21)22)15(20)12(14(10)19)13(18)9-5-3-2-4-6-9/h2-7,19-20H,1H3. The maximum absolute atomic E-state index is 12.4. The average molecular weight is 301 g/mol. The molecule has 2 rings (SSSR count). The number of aromatic hydroxyl groups is 2. The van der Waals surface area contributed by atoms with Crippen molar-refractivity contribution in [1.29, 1.82) is 0 Å². The molecule has 0 radical (unpaired) electrons. The van der Waals surface area contributed by atoms with E-state index in [4.69, 9.17) is 0 Å². The van der Waals surface area contributed by atoms with Crippen molar-refractivity contribution in [3.8, 4) is 11.5 Å². The second kappa shape index (κ2) is 5.65. The van der Waals surface area contributed by atoms with Gasteiger partial charge in [-0.25, -0.2) is 0 Å². The van der Waals surface area contributed by atoms with Crippen molar-refractivity contribution >= 4 is 17.3 Å². The number of phenols is 2. The number of carbonyl (C=O) groups is 2. The lowest BCUT2D eigenvalue weighted by Gasteiger charge is -2.10. The van der Waals surface area contributed by atoms with Gasteiger partial charge in [0, 0.05) is 11.6 Å². The second-order valence-corrected chi connectivity index (χ2v) is 4.52. The fourth-order valence-corrected chi connectivity index (χ4v) is 2.00. The molecule has 0 heterocycles. The van der Waals surface area contributed by atoms with Gasteiger partial charge in [0.1, 0.15) is 11.3 Å². The van der Waals surface area contributed by atoms with Crippen LogP contribution in [0.3, 0.4) is 0 Å². The van der Waals surface area contributed by atoms with Crippen LogP contribution in [0.15, 0.2) is 36.4 Å². The van der Waals surface area contributed by atoms with Crippen molar-refractivity contribution in [3.05, 3.63) is 63.2 Å². The topological polar surface area (TPSA) is 118 Å². The van der Waals surface area contributed by atoms with Gasteiger partial charge >= 0.3 is 5.69 Å². The zero-order valence-corrected chi connectivity index (χ0v) is 11.4. The molecule has 7 nitrogen and oxygen atoms in total. The quantitative estimate of drug-likeness (QED) is 0.508. The molecule has 22 heavy (non-hydrogen) atoms. The Hall–Kier alpha value is -3.22. The second-order valence-electron chi connectivity index (χ2n) is 4.52. The van der Waals surface area contributed by atoms with Gasteiger partial charge in [-0.05, 0) is 6.92 Å². The Morgan fingerprint density at radius 3 is 2.18 bits per heavy atom. The van der Waals surface area contributed by atoms with Crippen molar-refractivity contribution in [3.63, 3.8) is 0 Å². The fraction of sp³-hybridized carbons (Fsp3) is 0.0667. The molecule has 0 saturated heterocycles. The maximum atomic E-state index is 12.4. The number of Topliss-reactive ketones (excluding diaryl/α,β-unsaturated/α-hetero) is 1.